The molecular weight excluding hydrogens is 399 g/mol. The largest absolute Gasteiger partial charge is 0.351 e. The molecule has 0 spiro atoms. The molecule has 0 bridgehead atoms. The van der Waals surface area contributed by atoms with Gasteiger partial charge in [-0.3, -0.25) is 0 Å². The average molecular weight is 425 g/mol. The van der Waals surface area contributed by atoms with Crippen molar-refractivity contribution in [3.05, 3.63) is 42.3 Å². The van der Waals surface area contributed by atoms with E-state index in [2.05, 4.69) is 20.5 Å². The Morgan fingerprint density at radius 2 is 1.87 bits per heavy atom. The van der Waals surface area contributed by atoms with Gasteiger partial charge in [-0.1, -0.05) is 36.3 Å². The molecule has 2 aromatic heterocycles. The molecule has 2 aliphatic rings. The molecule has 1 aliphatic carbocycles. The third-order valence-corrected chi connectivity index (χ3v) is 6.85. The van der Waals surface area contributed by atoms with Crippen LogP contribution in [0.15, 0.2) is 36.5 Å². The van der Waals surface area contributed by atoms with Crippen LogP contribution in [-0.4, -0.2) is 47.2 Å². The Hall–Kier alpha value is -2.58. The Kier molecular flexibility index (Phi) is 5.59. The van der Waals surface area contributed by atoms with Crippen molar-refractivity contribution in [2.45, 2.75) is 31.7 Å². The van der Waals surface area contributed by atoms with Gasteiger partial charge in [-0.15, -0.1) is 0 Å². The number of anilines is 2. The first-order valence-corrected chi connectivity index (χ1v) is 11.4. The van der Waals surface area contributed by atoms with Crippen LogP contribution in [-0.2, 0) is 0 Å². The van der Waals surface area contributed by atoms with Gasteiger partial charge in [0.2, 0.25) is 5.95 Å². The lowest BCUT2D eigenvalue weighted by Gasteiger charge is -2.26. The van der Waals surface area contributed by atoms with E-state index in [-0.39, 0.29) is 5.82 Å². The first-order chi connectivity index (χ1) is 14.8. The van der Waals surface area contributed by atoms with Crippen LogP contribution in [0.3, 0.4) is 0 Å². The SMILES string of the molecule is Fc1ccccc1-c1nc(N2CCNCC2)sc1-c1ccnc(NC2CCCC2)n1. The second kappa shape index (κ2) is 8.65. The maximum Gasteiger partial charge on any atom is 0.223 e. The number of nitrogens with one attached hydrogen (secondary N) is 2. The van der Waals surface area contributed by atoms with Crippen molar-refractivity contribution in [2.75, 3.05) is 36.4 Å². The summed E-state index contributed by atoms with van der Waals surface area (Å²) in [6.45, 7) is 3.63. The lowest BCUT2D eigenvalue weighted by atomic mass is 10.1. The highest BCUT2D eigenvalue weighted by molar-refractivity contribution is 7.19. The third kappa shape index (κ3) is 4.02. The van der Waals surface area contributed by atoms with Gasteiger partial charge in [0.15, 0.2) is 5.13 Å². The molecule has 6 nitrogen and oxygen atoms in total. The fraction of sp³-hybridized carbons (Fsp3) is 0.409. The van der Waals surface area contributed by atoms with Crippen LogP contribution in [0.4, 0.5) is 15.5 Å². The second-order valence-electron chi connectivity index (χ2n) is 7.78. The van der Waals surface area contributed by atoms with Crippen molar-refractivity contribution in [1.82, 2.24) is 20.3 Å². The first-order valence-electron chi connectivity index (χ1n) is 10.6. The van der Waals surface area contributed by atoms with E-state index in [4.69, 9.17) is 9.97 Å². The monoisotopic (exact) mass is 424 g/mol. The molecule has 1 aromatic carbocycles. The quantitative estimate of drug-likeness (QED) is 0.641. The number of benzene rings is 1. The first kappa shape index (κ1) is 19.4. The van der Waals surface area contributed by atoms with Crippen molar-refractivity contribution in [1.29, 1.82) is 0 Å². The van der Waals surface area contributed by atoms with Crippen molar-refractivity contribution >= 4 is 22.4 Å². The number of aromatic nitrogens is 3. The molecule has 8 heteroatoms. The highest BCUT2D eigenvalue weighted by Gasteiger charge is 2.23. The number of piperazine rings is 1. The minimum atomic E-state index is -0.269. The Labute approximate surface area is 179 Å². The predicted molar refractivity (Wildman–Crippen MR) is 119 cm³/mol. The van der Waals surface area contributed by atoms with Crippen LogP contribution in [0.25, 0.3) is 21.8 Å². The summed E-state index contributed by atoms with van der Waals surface area (Å²) in [6, 6.07) is 9.14. The Bertz CT molecular complexity index is 1010. The smallest absolute Gasteiger partial charge is 0.223 e. The summed E-state index contributed by atoms with van der Waals surface area (Å²) in [5, 5.41) is 7.74. The van der Waals surface area contributed by atoms with Crippen molar-refractivity contribution in [2.24, 2.45) is 0 Å². The molecule has 0 atom stereocenters. The zero-order valence-corrected chi connectivity index (χ0v) is 17.6. The van der Waals surface area contributed by atoms with E-state index in [1.807, 2.05) is 12.1 Å². The van der Waals surface area contributed by atoms with Gasteiger partial charge in [0.25, 0.3) is 0 Å². The van der Waals surface area contributed by atoms with Gasteiger partial charge in [0.1, 0.15) is 5.82 Å². The molecule has 3 heterocycles. The molecule has 0 unspecified atom stereocenters. The van der Waals surface area contributed by atoms with E-state index in [1.165, 1.54) is 18.9 Å². The van der Waals surface area contributed by atoms with E-state index < -0.39 is 0 Å². The standard InChI is InChI=1S/C22H25FN6S/c23-17-8-4-3-7-16(17)19-20(30-22(28-19)29-13-11-24-12-14-29)18-9-10-25-21(27-18)26-15-5-1-2-6-15/h3-4,7-10,15,24H,1-2,5-6,11-14H2,(H,25,26,27). The molecule has 1 saturated carbocycles. The van der Waals surface area contributed by atoms with Crippen molar-refractivity contribution < 1.29 is 4.39 Å². The zero-order chi connectivity index (χ0) is 20.3. The zero-order valence-electron chi connectivity index (χ0n) is 16.8. The molecule has 1 aliphatic heterocycles. The van der Waals surface area contributed by atoms with Gasteiger partial charge in [0.05, 0.1) is 16.3 Å². The van der Waals surface area contributed by atoms with Gasteiger partial charge in [-0.05, 0) is 31.0 Å². The summed E-state index contributed by atoms with van der Waals surface area (Å²) in [4.78, 5) is 17.2. The van der Waals surface area contributed by atoms with E-state index in [9.17, 15) is 4.39 Å². The molecular formula is C22H25FN6S. The van der Waals surface area contributed by atoms with Crippen LogP contribution in [0.1, 0.15) is 25.7 Å². The fourth-order valence-electron chi connectivity index (χ4n) is 4.12. The van der Waals surface area contributed by atoms with Crippen LogP contribution in [0.5, 0.6) is 0 Å². The van der Waals surface area contributed by atoms with Crippen molar-refractivity contribution in [3.8, 4) is 21.8 Å². The lowest BCUT2D eigenvalue weighted by molar-refractivity contribution is 0.588. The Morgan fingerprint density at radius 3 is 2.67 bits per heavy atom. The maximum atomic E-state index is 14.7. The van der Waals surface area contributed by atoms with Gasteiger partial charge in [0, 0.05) is 44.0 Å². The minimum Gasteiger partial charge on any atom is -0.351 e. The average Bonchev–Trinajstić information content (AvgIpc) is 3.45. The molecule has 5 rings (SSSR count). The lowest BCUT2D eigenvalue weighted by Crippen LogP contribution is -2.43. The number of halogens is 1. The van der Waals surface area contributed by atoms with E-state index in [0.29, 0.717) is 23.2 Å². The third-order valence-electron chi connectivity index (χ3n) is 5.71. The minimum absolute atomic E-state index is 0.269. The van der Waals surface area contributed by atoms with Crippen LogP contribution >= 0.6 is 11.3 Å². The van der Waals surface area contributed by atoms with Crippen molar-refractivity contribution in [3.63, 3.8) is 0 Å². The second-order valence-corrected chi connectivity index (χ2v) is 8.76. The molecule has 30 heavy (non-hydrogen) atoms. The van der Waals surface area contributed by atoms with E-state index in [0.717, 1.165) is 54.7 Å². The number of thiazole rings is 1. The highest BCUT2D eigenvalue weighted by Crippen LogP contribution is 2.40. The summed E-state index contributed by atoms with van der Waals surface area (Å²) < 4.78 is 14.7. The molecule has 3 aromatic rings. The van der Waals surface area contributed by atoms with Gasteiger partial charge < -0.3 is 15.5 Å². The van der Waals surface area contributed by atoms with Gasteiger partial charge in [-0.2, -0.15) is 0 Å². The van der Waals surface area contributed by atoms with Gasteiger partial charge in [-0.25, -0.2) is 19.3 Å². The van der Waals surface area contributed by atoms with Crippen LogP contribution < -0.4 is 15.5 Å². The number of hydrogen-bond donors (Lipinski definition) is 2. The molecule has 0 amide bonds. The maximum absolute atomic E-state index is 14.7. The summed E-state index contributed by atoms with van der Waals surface area (Å²) in [5.74, 6) is 0.366. The Balaban J connectivity index is 1.54. The van der Waals surface area contributed by atoms with Gasteiger partial charge >= 0.3 is 0 Å². The Morgan fingerprint density at radius 1 is 1.07 bits per heavy atom. The van der Waals surface area contributed by atoms with Crippen LogP contribution in [0.2, 0.25) is 0 Å². The molecule has 2 fully saturated rings. The molecule has 1 saturated heterocycles. The normalized spacial score (nSPS) is 17.4. The van der Waals surface area contributed by atoms with E-state index >= 15 is 0 Å². The fourth-order valence-corrected chi connectivity index (χ4v) is 5.22. The van der Waals surface area contributed by atoms with Crippen LogP contribution in [0, 0.1) is 5.82 Å². The summed E-state index contributed by atoms with van der Waals surface area (Å²) in [5.41, 5.74) is 1.94. The summed E-state index contributed by atoms with van der Waals surface area (Å²) in [6.07, 6.45) is 6.58. The predicted octanol–water partition coefficient (Wildman–Crippen LogP) is 4.17. The molecule has 156 valence electrons. The molecule has 0 radical (unpaired) electrons. The topological polar surface area (TPSA) is 66.0 Å². The highest BCUT2D eigenvalue weighted by atomic mass is 32.1. The number of nitrogens with zero attached hydrogens (tertiary/aromatic N) is 4. The molecule has 2 N–H and O–H groups in total. The van der Waals surface area contributed by atoms with E-state index in [1.54, 1.807) is 29.7 Å². The number of rotatable bonds is 5. The summed E-state index contributed by atoms with van der Waals surface area (Å²) >= 11 is 1.58. The summed E-state index contributed by atoms with van der Waals surface area (Å²) in [7, 11) is 0. The number of hydrogen-bond acceptors (Lipinski definition) is 7.